The van der Waals surface area contributed by atoms with Crippen molar-refractivity contribution in [3.05, 3.63) is 28.3 Å². The van der Waals surface area contributed by atoms with Crippen LogP contribution in [0.4, 0.5) is 0 Å². The molecule has 1 aromatic rings. The number of nitrogens with zero attached hydrogens (tertiary/aromatic N) is 1. The quantitative estimate of drug-likeness (QED) is 0.898. The van der Waals surface area contributed by atoms with Crippen molar-refractivity contribution in [3.63, 3.8) is 0 Å². The number of hydrogen-bond donors (Lipinski definition) is 2. The Kier molecular flexibility index (Phi) is 4.79. The molecule has 0 aliphatic carbocycles. The van der Waals surface area contributed by atoms with E-state index in [0.717, 1.165) is 29.8 Å². The van der Waals surface area contributed by atoms with Gasteiger partial charge in [0.15, 0.2) is 0 Å². The molecular formula is C16H23ClN2O2. The van der Waals surface area contributed by atoms with Crippen LogP contribution >= 0.6 is 11.6 Å². The molecule has 1 aliphatic rings. The number of aryl methyl sites for hydroxylation is 1. The van der Waals surface area contributed by atoms with Crippen molar-refractivity contribution < 1.29 is 9.84 Å². The highest BCUT2D eigenvalue weighted by Crippen LogP contribution is 2.32. The maximum absolute atomic E-state index is 9.76. The summed E-state index contributed by atoms with van der Waals surface area (Å²) in [6.45, 7) is 8.64. The first-order chi connectivity index (χ1) is 9.78. The van der Waals surface area contributed by atoms with Crippen LogP contribution in [0.2, 0.25) is 5.02 Å². The highest BCUT2D eigenvalue weighted by Gasteiger charge is 2.20. The molecule has 0 saturated heterocycles. The van der Waals surface area contributed by atoms with Gasteiger partial charge in [0.1, 0.15) is 12.4 Å². The molecule has 4 nitrogen and oxygen atoms in total. The van der Waals surface area contributed by atoms with E-state index in [1.165, 1.54) is 0 Å². The Labute approximate surface area is 131 Å². The minimum atomic E-state index is -0.889. The van der Waals surface area contributed by atoms with Crippen molar-refractivity contribution in [2.45, 2.75) is 39.7 Å². The number of nitrogens with one attached hydrogen (secondary N) is 1. The van der Waals surface area contributed by atoms with Gasteiger partial charge in [0.05, 0.1) is 16.3 Å². The summed E-state index contributed by atoms with van der Waals surface area (Å²) in [5.74, 6) is 1.03. The van der Waals surface area contributed by atoms with Crippen LogP contribution in [0.15, 0.2) is 17.2 Å². The number of benzene rings is 1. The third-order valence-corrected chi connectivity index (χ3v) is 3.73. The van der Waals surface area contributed by atoms with E-state index in [1.807, 2.05) is 19.1 Å². The summed E-state index contributed by atoms with van der Waals surface area (Å²) < 4.78 is 5.66. The van der Waals surface area contributed by atoms with Crippen LogP contribution in [-0.2, 0) is 0 Å². The first-order valence-corrected chi connectivity index (χ1v) is 7.62. The second-order valence-corrected chi connectivity index (χ2v) is 6.71. The van der Waals surface area contributed by atoms with Crippen molar-refractivity contribution in [1.29, 1.82) is 0 Å². The summed E-state index contributed by atoms with van der Waals surface area (Å²) in [6.07, 6.45) is 1.06. The van der Waals surface area contributed by atoms with E-state index >= 15 is 0 Å². The molecule has 2 rings (SSSR count). The molecule has 0 fully saturated rings. The predicted octanol–water partition coefficient (Wildman–Crippen LogP) is 3.13. The zero-order chi connectivity index (χ0) is 15.6. The number of aliphatic hydroxyl groups is 1. The van der Waals surface area contributed by atoms with Crippen LogP contribution in [0.1, 0.15) is 38.3 Å². The largest absolute Gasteiger partial charge is 0.489 e. The molecule has 116 valence electrons. The average Bonchev–Trinajstić information content (AvgIpc) is 2.36. The zero-order valence-corrected chi connectivity index (χ0v) is 13.8. The highest BCUT2D eigenvalue weighted by molar-refractivity contribution is 6.32. The molecule has 0 radical (unpaired) electrons. The van der Waals surface area contributed by atoms with Gasteiger partial charge in [0.2, 0.25) is 0 Å². The molecule has 0 saturated carbocycles. The highest BCUT2D eigenvalue weighted by atomic mass is 35.5. The monoisotopic (exact) mass is 310 g/mol. The molecule has 1 aliphatic heterocycles. The van der Waals surface area contributed by atoms with E-state index in [0.29, 0.717) is 16.7 Å². The molecule has 0 spiro atoms. The van der Waals surface area contributed by atoms with Gasteiger partial charge in [-0.25, -0.2) is 0 Å². The van der Waals surface area contributed by atoms with Crippen LogP contribution in [0.5, 0.6) is 5.75 Å². The molecule has 1 atom stereocenters. The molecular weight excluding hydrogens is 288 g/mol. The molecule has 0 amide bonds. The third kappa shape index (κ3) is 4.11. The van der Waals surface area contributed by atoms with E-state index in [2.05, 4.69) is 17.5 Å². The van der Waals surface area contributed by atoms with Gasteiger partial charge < -0.3 is 15.3 Å². The Balaban J connectivity index is 2.26. The Morgan fingerprint density at radius 3 is 2.76 bits per heavy atom. The van der Waals surface area contributed by atoms with Gasteiger partial charge in [0, 0.05) is 12.5 Å². The summed E-state index contributed by atoms with van der Waals surface area (Å²) >= 11 is 6.35. The van der Waals surface area contributed by atoms with Gasteiger partial charge in [-0.05, 0) is 50.5 Å². The predicted molar refractivity (Wildman–Crippen MR) is 86.3 cm³/mol. The molecule has 5 heteroatoms. The topological polar surface area (TPSA) is 53.9 Å². The lowest BCUT2D eigenvalue weighted by molar-refractivity contribution is 0.0283. The van der Waals surface area contributed by atoms with Gasteiger partial charge in [-0.15, -0.1) is 0 Å². The van der Waals surface area contributed by atoms with Crippen LogP contribution in [0, 0.1) is 12.8 Å². The Hall–Kier alpha value is -1.26. The first-order valence-electron chi connectivity index (χ1n) is 7.24. The molecule has 1 heterocycles. The van der Waals surface area contributed by atoms with Gasteiger partial charge in [-0.3, -0.25) is 0 Å². The molecule has 1 aromatic carbocycles. The third-order valence-electron chi connectivity index (χ3n) is 3.45. The molecule has 21 heavy (non-hydrogen) atoms. The smallest absolute Gasteiger partial charge is 0.140 e. The van der Waals surface area contributed by atoms with E-state index in [-0.39, 0.29) is 6.61 Å². The second kappa shape index (κ2) is 6.24. The number of halogens is 1. The van der Waals surface area contributed by atoms with Crippen molar-refractivity contribution in [2.24, 2.45) is 11.0 Å². The van der Waals surface area contributed by atoms with Crippen LogP contribution in [0.3, 0.4) is 0 Å². The van der Waals surface area contributed by atoms with E-state index in [9.17, 15) is 5.11 Å². The average molecular weight is 311 g/mol. The SMILES string of the molecule is Cc1cc(C2=NNCCC2C)cc(Cl)c1OCC(C)(C)O. The minimum Gasteiger partial charge on any atom is -0.489 e. The molecule has 0 aromatic heterocycles. The number of hydrogen-bond acceptors (Lipinski definition) is 4. The minimum absolute atomic E-state index is 0.200. The number of ether oxygens (including phenoxy) is 1. The summed E-state index contributed by atoms with van der Waals surface area (Å²) in [5, 5.41) is 14.7. The maximum atomic E-state index is 9.76. The lowest BCUT2D eigenvalue weighted by Gasteiger charge is -2.23. The Morgan fingerprint density at radius 2 is 2.19 bits per heavy atom. The van der Waals surface area contributed by atoms with Crippen molar-refractivity contribution in [3.8, 4) is 5.75 Å². The first kappa shape index (κ1) is 16.1. The summed E-state index contributed by atoms with van der Waals surface area (Å²) in [5.41, 5.74) is 5.15. The Morgan fingerprint density at radius 1 is 1.48 bits per heavy atom. The van der Waals surface area contributed by atoms with Gasteiger partial charge >= 0.3 is 0 Å². The van der Waals surface area contributed by atoms with Crippen LogP contribution in [0.25, 0.3) is 0 Å². The molecule has 0 bridgehead atoms. The van der Waals surface area contributed by atoms with Crippen molar-refractivity contribution >= 4 is 17.3 Å². The van der Waals surface area contributed by atoms with E-state index in [1.54, 1.807) is 13.8 Å². The standard InChI is InChI=1S/C16H23ClN2O2/c1-10-5-6-18-19-14(10)12-7-11(2)15(13(17)8-12)21-9-16(3,4)20/h7-8,10,18,20H,5-6,9H2,1-4H3. The number of hydrazone groups is 1. The van der Waals surface area contributed by atoms with E-state index < -0.39 is 5.60 Å². The second-order valence-electron chi connectivity index (χ2n) is 6.30. The summed E-state index contributed by atoms with van der Waals surface area (Å²) in [4.78, 5) is 0. The van der Waals surface area contributed by atoms with Gasteiger partial charge in [-0.1, -0.05) is 18.5 Å². The zero-order valence-electron chi connectivity index (χ0n) is 13.0. The van der Waals surface area contributed by atoms with Gasteiger partial charge in [-0.2, -0.15) is 5.10 Å². The fourth-order valence-electron chi connectivity index (χ4n) is 2.33. The molecule has 1 unspecified atom stereocenters. The van der Waals surface area contributed by atoms with Crippen molar-refractivity contribution in [1.82, 2.24) is 5.43 Å². The number of rotatable bonds is 4. The van der Waals surface area contributed by atoms with Gasteiger partial charge in [0.25, 0.3) is 0 Å². The fraction of sp³-hybridized carbons (Fsp3) is 0.562. The molecule has 2 N–H and O–H groups in total. The summed E-state index contributed by atoms with van der Waals surface area (Å²) in [7, 11) is 0. The fourth-order valence-corrected chi connectivity index (χ4v) is 2.65. The van der Waals surface area contributed by atoms with Crippen molar-refractivity contribution in [2.75, 3.05) is 13.2 Å². The Bertz CT molecular complexity index is 527. The van der Waals surface area contributed by atoms with Crippen LogP contribution in [-0.4, -0.2) is 29.6 Å². The van der Waals surface area contributed by atoms with E-state index in [4.69, 9.17) is 16.3 Å². The lowest BCUT2D eigenvalue weighted by Crippen LogP contribution is -2.28. The summed E-state index contributed by atoms with van der Waals surface area (Å²) in [6, 6.07) is 3.92. The lowest BCUT2D eigenvalue weighted by atomic mass is 9.93. The maximum Gasteiger partial charge on any atom is 0.140 e. The van der Waals surface area contributed by atoms with Crippen LogP contribution < -0.4 is 10.2 Å². The normalized spacial score (nSPS) is 19.0.